The van der Waals surface area contributed by atoms with Gasteiger partial charge in [0.05, 0.1) is 5.56 Å². The quantitative estimate of drug-likeness (QED) is 0.617. The molecule has 0 spiro atoms. The predicted molar refractivity (Wildman–Crippen MR) is 61.8 cm³/mol. The lowest BCUT2D eigenvalue weighted by Crippen LogP contribution is -2.07. The van der Waals surface area contributed by atoms with Gasteiger partial charge in [-0.1, -0.05) is 11.2 Å². The van der Waals surface area contributed by atoms with Crippen LogP contribution in [0.25, 0.3) is 11.3 Å². The van der Waals surface area contributed by atoms with Gasteiger partial charge in [-0.25, -0.2) is 4.39 Å². The molecular formula is C12H6ClF4NO2. The monoisotopic (exact) mass is 307 g/mol. The van der Waals surface area contributed by atoms with Gasteiger partial charge in [-0.15, -0.1) is 0 Å². The van der Waals surface area contributed by atoms with Gasteiger partial charge in [0.2, 0.25) is 0 Å². The molecule has 0 unspecified atom stereocenters. The second kappa shape index (κ2) is 4.90. The van der Waals surface area contributed by atoms with Gasteiger partial charge in [0.25, 0.3) is 5.24 Å². The Bertz CT molecular complexity index is 679. The Labute approximate surface area is 115 Å². The summed E-state index contributed by atoms with van der Waals surface area (Å²) in [5.74, 6) is -1.45. The molecule has 106 valence electrons. The van der Waals surface area contributed by atoms with Crippen molar-refractivity contribution in [2.75, 3.05) is 0 Å². The van der Waals surface area contributed by atoms with E-state index in [1.807, 2.05) is 0 Å². The second-order valence-corrected chi connectivity index (χ2v) is 4.29. The van der Waals surface area contributed by atoms with Crippen LogP contribution in [0.5, 0.6) is 0 Å². The van der Waals surface area contributed by atoms with Crippen LogP contribution < -0.4 is 0 Å². The Hall–Kier alpha value is -1.89. The maximum Gasteiger partial charge on any atom is 0.419 e. The summed E-state index contributed by atoms with van der Waals surface area (Å²) in [6.07, 6.45) is -4.78. The fraction of sp³-hybridized carbons (Fsp3) is 0.167. The van der Waals surface area contributed by atoms with E-state index in [9.17, 15) is 22.4 Å². The molecule has 1 aromatic carbocycles. The van der Waals surface area contributed by atoms with E-state index in [4.69, 9.17) is 16.1 Å². The zero-order valence-corrected chi connectivity index (χ0v) is 10.6. The molecule has 8 heteroatoms. The standard InChI is InChI=1S/C12H6ClF4NO2/c1-5-9(11(13)19)18-20-10(5)6-2-3-7(8(14)4-6)12(15,16)17/h2-4H,1H3. The van der Waals surface area contributed by atoms with Crippen LogP contribution in [-0.2, 0) is 6.18 Å². The normalized spacial score (nSPS) is 11.7. The number of benzene rings is 1. The molecule has 0 amide bonds. The highest BCUT2D eigenvalue weighted by atomic mass is 35.5. The van der Waals surface area contributed by atoms with Crippen LogP contribution in [0.15, 0.2) is 22.7 Å². The Morgan fingerprint density at radius 2 is 2.00 bits per heavy atom. The van der Waals surface area contributed by atoms with Gasteiger partial charge in [0, 0.05) is 11.1 Å². The molecule has 2 rings (SSSR count). The summed E-state index contributed by atoms with van der Waals surface area (Å²) >= 11 is 5.24. The number of hydrogen-bond acceptors (Lipinski definition) is 3. The Morgan fingerprint density at radius 3 is 2.45 bits per heavy atom. The van der Waals surface area contributed by atoms with Crippen molar-refractivity contribution in [3.63, 3.8) is 0 Å². The zero-order valence-electron chi connectivity index (χ0n) is 9.89. The van der Waals surface area contributed by atoms with E-state index in [0.29, 0.717) is 12.1 Å². The first-order valence-corrected chi connectivity index (χ1v) is 5.63. The van der Waals surface area contributed by atoms with Gasteiger partial charge >= 0.3 is 6.18 Å². The van der Waals surface area contributed by atoms with Crippen LogP contribution in [0, 0.1) is 12.7 Å². The molecule has 1 heterocycles. The lowest BCUT2D eigenvalue weighted by Gasteiger charge is -2.08. The van der Waals surface area contributed by atoms with Gasteiger partial charge in [-0.2, -0.15) is 13.2 Å². The van der Waals surface area contributed by atoms with Crippen molar-refractivity contribution in [1.82, 2.24) is 5.16 Å². The van der Waals surface area contributed by atoms with E-state index in [1.54, 1.807) is 0 Å². The van der Waals surface area contributed by atoms with E-state index < -0.39 is 22.8 Å². The molecule has 2 aromatic rings. The molecule has 0 N–H and O–H groups in total. The Morgan fingerprint density at radius 1 is 1.35 bits per heavy atom. The molecule has 20 heavy (non-hydrogen) atoms. The first kappa shape index (κ1) is 14.5. The molecule has 0 atom stereocenters. The minimum Gasteiger partial charge on any atom is -0.355 e. The first-order valence-electron chi connectivity index (χ1n) is 5.25. The number of rotatable bonds is 2. The number of carbonyl (C=O) groups is 1. The Balaban J connectivity index is 2.50. The van der Waals surface area contributed by atoms with Gasteiger partial charge in [-0.05, 0) is 30.7 Å². The average Bonchev–Trinajstić information content (AvgIpc) is 2.69. The molecule has 0 saturated heterocycles. The van der Waals surface area contributed by atoms with E-state index >= 15 is 0 Å². The third-order valence-corrected chi connectivity index (χ3v) is 2.83. The highest BCUT2D eigenvalue weighted by Crippen LogP contribution is 2.34. The lowest BCUT2D eigenvalue weighted by molar-refractivity contribution is -0.139. The highest BCUT2D eigenvalue weighted by molar-refractivity contribution is 6.67. The fourth-order valence-electron chi connectivity index (χ4n) is 1.67. The minimum atomic E-state index is -4.78. The largest absolute Gasteiger partial charge is 0.419 e. The zero-order chi connectivity index (χ0) is 15.1. The molecule has 0 aliphatic heterocycles. The lowest BCUT2D eigenvalue weighted by atomic mass is 10.1. The predicted octanol–water partition coefficient (Wildman–Crippen LogP) is 4.19. The summed E-state index contributed by atoms with van der Waals surface area (Å²) in [7, 11) is 0. The van der Waals surface area contributed by atoms with Gasteiger partial charge in [-0.3, -0.25) is 4.79 Å². The van der Waals surface area contributed by atoms with E-state index in [1.165, 1.54) is 6.92 Å². The molecule has 0 fully saturated rings. The summed E-state index contributed by atoms with van der Waals surface area (Å²) in [6.45, 7) is 1.44. The van der Waals surface area contributed by atoms with Crippen LogP contribution >= 0.6 is 11.6 Å². The Kier molecular flexibility index (Phi) is 3.56. The number of aromatic nitrogens is 1. The molecular weight excluding hydrogens is 302 g/mol. The topological polar surface area (TPSA) is 43.1 Å². The van der Waals surface area contributed by atoms with Crippen molar-refractivity contribution in [2.45, 2.75) is 13.1 Å². The van der Waals surface area contributed by atoms with Crippen molar-refractivity contribution in [3.05, 3.63) is 40.8 Å². The van der Waals surface area contributed by atoms with Crippen molar-refractivity contribution in [3.8, 4) is 11.3 Å². The van der Waals surface area contributed by atoms with Crippen molar-refractivity contribution < 1.29 is 26.9 Å². The molecule has 0 bridgehead atoms. The van der Waals surface area contributed by atoms with E-state index in [0.717, 1.165) is 6.07 Å². The molecule has 0 aliphatic rings. The molecule has 0 saturated carbocycles. The molecule has 0 radical (unpaired) electrons. The second-order valence-electron chi connectivity index (χ2n) is 3.95. The van der Waals surface area contributed by atoms with Crippen LogP contribution in [-0.4, -0.2) is 10.4 Å². The third kappa shape index (κ3) is 2.53. The summed E-state index contributed by atoms with van der Waals surface area (Å²) < 4.78 is 55.6. The number of nitrogens with zero attached hydrogens (tertiary/aromatic N) is 1. The van der Waals surface area contributed by atoms with Crippen LogP contribution in [0.2, 0.25) is 0 Å². The van der Waals surface area contributed by atoms with Gasteiger partial charge in [0.1, 0.15) is 5.82 Å². The maximum atomic E-state index is 13.5. The number of alkyl halides is 3. The molecule has 3 nitrogen and oxygen atoms in total. The summed E-state index contributed by atoms with van der Waals surface area (Å²) in [6, 6.07) is 2.29. The minimum absolute atomic E-state index is 0.0124. The first-order chi connectivity index (χ1) is 9.21. The van der Waals surface area contributed by atoms with Gasteiger partial charge in [0.15, 0.2) is 11.5 Å². The molecule has 1 aromatic heterocycles. The maximum absolute atomic E-state index is 13.5. The average molecular weight is 308 g/mol. The van der Waals surface area contributed by atoms with Crippen LogP contribution in [0.3, 0.4) is 0 Å². The van der Waals surface area contributed by atoms with Crippen molar-refractivity contribution in [1.29, 1.82) is 0 Å². The van der Waals surface area contributed by atoms with E-state index in [-0.39, 0.29) is 22.6 Å². The number of halogens is 5. The third-order valence-electron chi connectivity index (χ3n) is 2.65. The van der Waals surface area contributed by atoms with Gasteiger partial charge < -0.3 is 4.52 Å². The number of hydrogen-bond donors (Lipinski definition) is 0. The van der Waals surface area contributed by atoms with E-state index in [2.05, 4.69) is 5.16 Å². The SMILES string of the molecule is Cc1c(C(=O)Cl)noc1-c1ccc(C(F)(F)F)c(F)c1. The number of carbonyl (C=O) groups excluding carboxylic acids is 1. The molecule has 0 aliphatic carbocycles. The fourth-order valence-corrected chi connectivity index (χ4v) is 1.85. The van der Waals surface area contributed by atoms with Crippen molar-refractivity contribution >= 4 is 16.8 Å². The summed E-state index contributed by atoms with van der Waals surface area (Å²) in [5.41, 5.74) is -1.29. The summed E-state index contributed by atoms with van der Waals surface area (Å²) in [4.78, 5) is 11.0. The van der Waals surface area contributed by atoms with Crippen LogP contribution in [0.1, 0.15) is 21.6 Å². The van der Waals surface area contributed by atoms with Crippen LogP contribution in [0.4, 0.5) is 17.6 Å². The highest BCUT2D eigenvalue weighted by Gasteiger charge is 2.34. The smallest absolute Gasteiger partial charge is 0.355 e. The summed E-state index contributed by atoms with van der Waals surface area (Å²) in [5, 5.41) is 2.52. The van der Waals surface area contributed by atoms with Crippen molar-refractivity contribution in [2.24, 2.45) is 0 Å².